The van der Waals surface area contributed by atoms with Crippen molar-refractivity contribution in [1.82, 2.24) is 29.8 Å². The van der Waals surface area contributed by atoms with E-state index in [-0.39, 0.29) is 6.10 Å². The number of nitrogens with zero attached hydrogens (tertiary/aromatic N) is 5. The fraction of sp³-hybridized carbons (Fsp3) is 0.348. The van der Waals surface area contributed by atoms with Crippen molar-refractivity contribution in [3.63, 3.8) is 0 Å². The van der Waals surface area contributed by atoms with Crippen LogP contribution in [0.4, 0.5) is 0 Å². The Hall–Kier alpha value is -3.55. The number of H-pyrrole nitrogens is 1. The molecule has 1 atom stereocenters. The van der Waals surface area contributed by atoms with Crippen molar-refractivity contribution in [3.8, 4) is 22.9 Å². The summed E-state index contributed by atoms with van der Waals surface area (Å²) in [4.78, 5) is 0. The van der Waals surface area contributed by atoms with Gasteiger partial charge in [-0.3, -0.25) is 5.10 Å². The van der Waals surface area contributed by atoms with E-state index in [1.807, 2.05) is 37.1 Å². The van der Waals surface area contributed by atoms with E-state index in [0.717, 1.165) is 63.6 Å². The molecule has 0 spiro atoms. The molecule has 0 radical (unpaired) electrons. The van der Waals surface area contributed by atoms with Gasteiger partial charge in [0, 0.05) is 25.9 Å². The molecule has 0 aliphatic carbocycles. The smallest absolute Gasteiger partial charge is 0.219 e. The molecule has 8 nitrogen and oxygen atoms in total. The highest BCUT2D eigenvalue weighted by molar-refractivity contribution is 5.93. The first-order valence-corrected chi connectivity index (χ1v) is 10.6. The molecule has 1 aromatic carbocycles. The molecule has 2 bridgehead atoms. The van der Waals surface area contributed by atoms with E-state index in [0.29, 0.717) is 6.61 Å². The molecule has 1 aliphatic heterocycles. The van der Waals surface area contributed by atoms with Crippen LogP contribution in [0.15, 0.2) is 24.4 Å². The third-order valence-corrected chi connectivity index (χ3v) is 5.71. The number of aromatic nitrogens is 6. The maximum absolute atomic E-state index is 6.29. The molecule has 31 heavy (non-hydrogen) atoms. The first-order valence-electron chi connectivity index (χ1n) is 10.6. The minimum atomic E-state index is -0.0367. The summed E-state index contributed by atoms with van der Waals surface area (Å²) < 4.78 is 16.0. The molecular formula is C23H26N6O2. The number of aromatic amines is 1. The Morgan fingerprint density at radius 3 is 2.87 bits per heavy atom. The highest BCUT2D eigenvalue weighted by Gasteiger charge is 2.19. The average Bonchev–Trinajstić information content (AvgIpc) is 3.42. The zero-order valence-electron chi connectivity index (χ0n) is 18.2. The van der Waals surface area contributed by atoms with E-state index < -0.39 is 0 Å². The van der Waals surface area contributed by atoms with Gasteiger partial charge in [-0.15, -0.1) is 0 Å². The van der Waals surface area contributed by atoms with Crippen molar-refractivity contribution >= 4 is 23.1 Å². The van der Waals surface area contributed by atoms with E-state index in [9.17, 15) is 0 Å². The van der Waals surface area contributed by atoms with Crippen molar-refractivity contribution in [2.75, 3.05) is 6.61 Å². The number of ether oxygens (including phenoxy) is 2. The number of nitrogens with one attached hydrogen (secondary N) is 1. The lowest BCUT2D eigenvalue weighted by molar-refractivity contribution is 0.161. The zero-order chi connectivity index (χ0) is 21.5. The minimum absolute atomic E-state index is 0.0367. The summed E-state index contributed by atoms with van der Waals surface area (Å²) in [5, 5.41) is 17.7. The van der Waals surface area contributed by atoms with Crippen LogP contribution in [0.3, 0.4) is 0 Å². The molecule has 0 saturated heterocycles. The number of hydrogen-bond acceptors (Lipinski definition) is 5. The Kier molecular flexibility index (Phi) is 4.77. The van der Waals surface area contributed by atoms with Crippen LogP contribution in [-0.4, -0.2) is 42.5 Å². The van der Waals surface area contributed by atoms with E-state index in [1.54, 1.807) is 4.68 Å². The lowest BCUT2D eigenvalue weighted by atomic mass is 10.0. The summed E-state index contributed by atoms with van der Waals surface area (Å²) in [7, 11) is 3.81. The molecule has 4 aromatic rings. The van der Waals surface area contributed by atoms with Crippen molar-refractivity contribution in [3.05, 3.63) is 41.3 Å². The van der Waals surface area contributed by atoms with Crippen LogP contribution in [0.25, 0.3) is 34.2 Å². The second-order valence-corrected chi connectivity index (χ2v) is 7.90. The van der Waals surface area contributed by atoms with Crippen molar-refractivity contribution in [2.24, 2.45) is 14.1 Å². The van der Waals surface area contributed by atoms with Gasteiger partial charge in [-0.1, -0.05) is 13.0 Å². The molecule has 0 saturated carbocycles. The van der Waals surface area contributed by atoms with Crippen LogP contribution in [0.2, 0.25) is 0 Å². The maximum Gasteiger partial charge on any atom is 0.219 e. The number of fused-ring (bicyclic) bond motifs is 4. The number of rotatable bonds is 1. The summed E-state index contributed by atoms with van der Waals surface area (Å²) in [5.74, 6) is 1.51. The van der Waals surface area contributed by atoms with Crippen LogP contribution >= 0.6 is 0 Å². The Bertz CT molecular complexity index is 1280. The fourth-order valence-electron chi connectivity index (χ4n) is 4.00. The van der Waals surface area contributed by atoms with Gasteiger partial charge in [0.1, 0.15) is 6.10 Å². The second kappa shape index (κ2) is 7.61. The molecule has 1 N–H and O–H groups in total. The van der Waals surface area contributed by atoms with Crippen molar-refractivity contribution < 1.29 is 9.47 Å². The van der Waals surface area contributed by atoms with Gasteiger partial charge >= 0.3 is 0 Å². The molecule has 3 aromatic heterocycles. The van der Waals surface area contributed by atoms with Crippen molar-refractivity contribution in [2.45, 2.75) is 32.8 Å². The highest BCUT2D eigenvalue weighted by atomic mass is 16.5. The molecule has 5 rings (SSSR count). The molecule has 1 aliphatic rings. The van der Waals surface area contributed by atoms with Gasteiger partial charge in [0.15, 0.2) is 0 Å². The van der Waals surface area contributed by atoms with E-state index in [4.69, 9.17) is 9.47 Å². The van der Waals surface area contributed by atoms with Crippen molar-refractivity contribution in [1.29, 1.82) is 0 Å². The zero-order valence-corrected chi connectivity index (χ0v) is 18.2. The van der Waals surface area contributed by atoms with Crippen LogP contribution in [0.5, 0.6) is 11.8 Å². The largest absolute Gasteiger partial charge is 0.477 e. The lowest BCUT2D eigenvalue weighted by Gasteiger charge is -2.17. The number of hydrogen-bond donors (Lipinski definition) is 1. The summed E-state index contributed by atoms with van der Waals surface area (Å²) in [6.45, 7) is 4.68. The quantitative estimate of drug-likeness (QED) is 0.506. The lowest BCUT2D eigenvalue weighted by Crippen LogP contribution is -2.18. The predicted octanol–water partition coefficient (Wildman–Crippen LogP) is 3.98. The first-order chi connectivity index (χ1) is 15.0. The Morgan fingerprint density at radius 1 is 1.16 bits per heavy atom. The van der Waals surface area contributed by atoms with Crippen LogP contribution < -0.4 is 9.47 Å². The van der Waals surface area contributed by atoms with Crippen LogP contribution in [0, 0.1) is 0 Å². The molecule has 160 valence electrons. The number of aryl methyl sites for hydroxylation is 3. The van der Waals surface area contributed by atoms with Gasteiger partial charge in [-0.2, -0.15) is 15.3 Å². The van der Waals surface area contributed by atoms with Gasteiger partial charge in [-0.25, -0.2) is 9.36 Å². The summed E-state index contributed by atoms with van der Waals surface area (Å²) in [6, 6.07) is 6.21. The van der Waals surface area contributed by atoms with Gasteiger partial charge < -0.3 is 9.47 Å². The van der Waals surface area contributed by atoms with E-state index in [2.05, 4.69) is 52.5 Å². The standard InChI is InChI=1S/C23H26N6O2/c1-5-19-16-7-9-21-17-12-15(6-8-20(17)25-26-21)18-13-24-28(3)23(18)31-14(2)10-11-30-22(16)29(4)27-19/h6-9,12-14H,5,10-11H2,1-4H3,(H,25,26)/b9-7+/t14-/m0/s1. The van der Waals surface area contributed by atoms with Gasteiger partial charge in [0.2, 0.25) is 11.8 Å². The summed E-state index contributed by atoms with van der Waals surface area (Å²) in [5.41, 5.74) is 5.85. The van der Waals surface area contributed by atoms with Gasteiger partial charge in [0.05, 0.1) is 40.8 Å². The normalized spacial score (nSPS) is 17.4. The first kappa shape index (κ1) is 19.4. The predicted molar refractivity (Wildman–Crippen MR) is 120 cm³/mol. The van der Waals surface area contributed by atoms with E-state index in [1.165, 1.54) is 0 Å². The Morgan fingerprint density at radius 2 is 2.03 bits per heavy atom. The summed E-state index contributed by atoms with van der Waals surface area (Å²) in [6.07, 6.45) is 7.49. The third kappa shape index (κ3) is 3.37. The second-order valence-electron chi connectivity index (χ2n) is 7.90. The highest BCUT2D eigenvalue weighted by Crippen LogP contribution is 2.34. The Balaban J connectivity index is 1.68. The average molecular weight is 419 g/mol. The topological polar surface area (TPSA) is 82.8 Å². The SMILES string of the molecule is CCc1nn(C)c2c1/C=C/c1[nH]nc3ccc(cc13)-c1cnn(C)c1O[C@@H](C)CCO2. The summed E-state index contributed by atoms with van der Waals surface area (Å²) >= 11 is 0. The van der Waals surface area contributed by atoms with Gasteiger partial charge in [-0.05, 0) is 43.2 Å². The molecular weight excluding hydrogens is 392 g/mol. The van der Waals surface area contributed by atoms with Gasteiger partial charge in [0.25, 0.3) is 0 Å². The molecule has 4 heterocycles. The molecule has 0 fully saturated rings. The maximum atomic E-state index is 6.29. The monoisotopic (exact) mass is 418 g/mol. The fourth-order valence-corrected chi connectivity index (χ4v) is 4.00. The Labute approximate surface area is 180 Å². The van der Waals surface area contributed by atoms with Crippen LogP contribution in [0.1, 0.15) is 37.2 Å². The van der Waals surface area contributed by atoms with Crippen LogP contribution in [-0.2, 0) is 20.5 Å². The minimum Gasteiger partial charge on any atom is -0.477 e. The molecule has 0 amide bonds. The van der Waals surface area contributed by atoms with E-state index >= 15 is 0 Å². The molecule has 8 heteroatoms. The number of benzene rings is 1. The molecule has 0 unspecified atom stereocenters. The third-order valence-electron chi connectivity index (χ3n) is 5.71.